The molecule has 1 atom stereocenters. The molecule has 2 aromatic carbocycles. The number of carbonyl (C=O) groups is 2. The lowest BCUT2D eigenvalue weighted by Crippen LogP contribution is -2.43. The van der Waals surface area contributed by atoms with Crippen molar-refractivity contribution in [3.8, 4) is 5.75 Å². The summed E-state index contributed by atoms with van der Waals surface area (Å²) in [7, 11) is 3.30. The quantitative estimate of drug-likeness (QED) is 0.786. The van der Waals surface area contributed by atoms with Crippen molar-refractivity contribution in [1.82, 2.24) is 4.90 Å². The Hall–Kier alpha value is -2.86. The minimum Gasteiger partial charge on any atom is -0.495 e. The molecule has 0 aromatic heterocycles. The second kappa shape index (κ2) is 9.19. The molecule has 0 aliphatic heterocycles. The van der Waals surface area contributed by atoms with Gasteiger partial charge in [0.15, 0.2) is 0 Å². The third-order valence-corrected chi connectivity index (χ3v) is 4.38. The number of carbonyl (C=O) groups excluding carboxylic acids is 2. The highest BCUT2D eigenvalue weighted by molar-refractivity contribution is 5.97. The van der Waals surface area contributed by atoms with Gasteiger partial charge in [0.25, 0.3) is 0 Å². The van der Waals surface area contributed by atoms with Gasteiger partial charge in [-0.15, -0.1) is 0 Å². The Balaban J connectivity index is 1.94. The Morgan fingerprint density at radius 1 is 1.04 bits per heavy atom. The summed E-state index contributed by atoms with van der Waals surface area (Å²) in [6.45, 7) is 5.80. The fourth-order valence-corrected chi connectivity index (χ4v) is 2.56. The highest BCUT2D eigenvalue weighted by atomic mass is 16.5. The molecule has 0 spiro atoms. The Bertz CT molecular complexity index is 803. The number of methoxy groups -OCH3 is 1. The third kappa shape index (κ3) is 5.82. The van der Waals surface area contributed by atoms with E-state index >= 15 is 0 Å². The van der Waals surface area contributed by atoms with Gasteiger partial charge in [-0.2, -0.15) is 0 Å². The van der Waals surface area contributed by atoms with Crippen molar-refractivity contribution in [1.29, 1.82) is 0 Å². The summed E-state index contributed by atoms with van der Waals surface area (Å²) in [6, 6.07) is 12.7. The number of nitrogens with zero attached hydrogens (tertiary/aromatic N) is 1. The molecule has 0 aliphatic carbocycles. The maximum atomic E-state index is 12.6. The van der Waals surface area contributed by atoms with Crippen LogP contribution in [-0.4, -0.2) is 43.5 Å². The van der Waals surface area contributed by atoms with E-state index in [0.29, 0.717) is 11.4 Å². The lowest BCUT2D eigenvalue weighted by Gasteiger charge is -2.23. The van der Waals surface area contributed by atoms with Crippen LogP contribution in [-0.2, 0) is 9.59 Å². The SMILES string of the molecule is COc1ccc(C)cc1NC(=O)C(C)N(C)CC(=O)Nc1ccc(C)cc1. The third-order valence-electron chi connectivity index (χ3n) is 4.38. The van der Waals surface area contributed by atoms with Crippen molar-refractivity contribution < 1.29 is 14.3 Å². The number of hydrogen-bond acceptors (Lipinski definition) is 4. The molecule has 2 N–H and O–H groups in total. The predicted molar refractivity (Wildman–Crippen MR) is 108 cm³/mol. The van der Waals surface area contributed by atoms with E-state index in [2.05, 4.69) is 10.6 Å². The first-order chi connectivity index (χ1) is 12.8. The van der Waals surface area contributed by atoms with Crippen LogP contribution >= 0.6 is 0 Å². The van der Waals surface area contributed by atoms with Crippen molar-refractivity contribution >= 4 is 23.2 Å². The van der Waals surface area contributed by atoms with Crippen molar-refractivity contribution in [3.63, 3.8) is 0 Å². The fourth-order valence-electron chi connectivity index (χ4n) is 2.56. The molecule has 0 bridgehead atoms. The highest BCUT2D eigenvalue weighted by Gasteiger charge is 2.21. The van der Waals surface area contributed by atoms with E-state index < -0.39 is 6.04 Å². The van der Waals surface area contributed by atoms with Crippen LogP contribution < -0.4 is 15.4 Å². The average Bonchev–Trinajstić information content (AvgIpc) is 2.63. The maximum absolute atomic E-state index is 12.6. The zero-order valence-electron chi connectivity index (χ0n) is 16.5. The van der Waals surface area contributed by atoms with E-state index in [1.165, 1.54) is 0 Å². The van der Waals surface area contributed by atoms with Crippen molar-refractivity contribution in [2.45, 2.75) is 26.8 Å². The predicted octanol–water partition coefficient (Wildman–Crippen LogP) is 3.21. The number of hydrogen-bond donors (Lipinski definition) is 2. The topological polar surface area (TPSA) is 70.7 Å². The zero-order valence-corrected chi connectivity index (χ0v) is 16.5. The van der Waals surface area contributed by atoms with E-state index in [1.54, 1.807) is 26.0 Å². The van der Waals surface area contributed by atoms with Crippen LogP contribution in [0.15, 0.2) is 42.5 Å². The molecular weight excluding hydrogens is 342 g/mol. The fraction of sp³-hybridized carbons (Fsp3) is 0.333. The van der Waals surface area contributed by atoms with Crippen LogP contribution in [0.25, 0.3) is 0 Å². The van der Waals surface area contributed by atoms with Crippen molar-refractivity contribution in [2.24, 2.45) is 0 Å². The van der Waals surface area contributed by atoms with Gasteiger partial charge in [0.05, 0.1) is 25.4 Å². The maximum Gasteiger partial charge on any atom is 0.241 e. The molecule has 0 fully saturated rings. The number of nitrogens with one attached hydrogen (secondary N) is 2. The Labute approximate surface area is 160 Å². The van der Waals surface area contributed by atoms with Gasteiger partial charge in [0.2, 0.25) is 11.8 Å². The van der Waals surface area contributed by atoms with Crippen LogP contribution in [0.2, 0.25) is 0 Å². The summed E-state index contributed by atoms with van der Waals surface area (Å²) in [5.41, 5.74) is 3.50. The molecule has 0 radical (unpaired) electrons. The lowest BCUT2D eigenvalue weighted by atomic mass is 10.2. The Morgan fingerprint density at radius 3 is 2.30 bits per heavy atom. The summed E-state index contributed by atoms with van der Waals surface area (Å²) < 4.78 is 5.29. The first-order valence-electron chi connectivity index (χ1n) is 8.82. The number of benzene rings is 2. The number of anilines is 2. The van der Waals surface area contributed by atoms with Crippen molar-refractivity contribution in [3.05, 3.63) is 53.6 Å². The zero-order chi connectivity index (χ0) is 20.0. The molecule has 27 heavy (non-hydrogen) atoms. The van der Waals surface area contributed by atoms with E-state index in [9.17, 15) is 9.59 Å². The second-order valence-corrected chi connectivity index (χ2v) is 6.70. The van der Waals surface area contributed by atoms with Gasteiger partial charge in [-0.1, -0.05) is 23.8 Å². The smallest absolute Gasteiger partial charge is 0.241 e. The number of ether oxygens (including phenoxy) is 1. The van der Waals surface area contributed by atoms with Crippen LogP contribution in [0.3, 0.4) is 0 Å². The first kappa shape index (κ1) is 20.5. The summed E-state index contributed by atoms with van der Waals surface area (Å²) in [5, 5.41) is 5.71. The highest BCUT2D eigenvalue weighted by Crippen LogP contribution is 2.25. The van der Waals surface area contributed by atoms with E-state index in [0.717, 1.165) is 16.8 Å². The van der Waals surface area contributed by atoms with Crippen LogP contribution in [0.1, 0.15) is 18.1 Å². The largest absolute Gasteiger partial charge is 0.495 e. The standard InChI is InChI=1S/C21H27N3O3/c1-14-6-9-17(10-7-14)22-20(25)13-24(4)16(3)21(26)23-18-12-15(2)8-11-19(18)27-5/h6-12,16H,13H2,1-5H3,(H,22,25)(H,23,26). The van der Waals surface area contributed by atoms with Gasteiger partial charge in [-0.25, -0.2) is 0 Å². The summed E-state index contributed by atoms with van der Waals surface area (Å²) >= 11 is 0. The molecule has 0 heterocycles. The molecule has 6 heteroatoms. The molecule has 6 nitrogen and oxygen atoms in total. The summed E-state index contributed by atoms with van der Waals surface area (Å²) in [5.74, 6) is 0.222. The molecule has 2 amide bonds. The Kier molecular flexibility index (Phi) is 6.96. The first-order valence-corrected chi connectivity index (χ1v) is 8.82. The molecule has 0 saturated heterocycles. The summed E-state index contributed by atoms with van der Waals surface area (Å²) in [4.78, 5) is 26.5. The average molecular weight is 369 g/mol. The number of likely N-dealkylation sites (N-methyl/N-ethyl adjacent to an activating group) is 1. The van der Waals surface area contributed by atoms with E-state index in [4.69, 9.17) is 4.74 Å². The van der Waals surface area contributed by atoms with Gasteiger partial charge in [0.1, 0.15) is 5.75 Å². The normalized spacial score (nSPS) is 11.8. The van der Waals surface area contributed by atoms with Gasteiger partial charge >= 0.3 is 0 Å². The number of aryl methyl sites for hydroxylation is 2. The van der Waals surface area contributed by atoms with Gasteiger partial charge in [-0.3, -0.25) is 14.5 Å². The molecule has 0 saturated carbocycles. The summed E-state index contributed by atoms with van der Waals surface area (Å²) in [6.07, 6.45) is 0. The van der Waals surface area contributed by atoms with E-state index in [-0.39, 0.29) is 18.4 Å². The minimum absolute atomic E-state index is 0.105. The molecule has 2 rings (SSSR count). The molecule has 144 valence electrons. The number of amides is 2. The second-order valence-electron chi connectivity index (χ2n) is 6.70. The lowest BCUT2D eigenvalue weighted by molar-refractivity contribution is -0.122. The molecule has 0 aliphatic rings. The van der Waals surface area contributed by atoms with Gasteiger partial charge in [-0.05, 0) is 57.6 Å². The van der Waals surface area contributed by atoms with Crippen LogP contribution in [0, 0.1) is 13.8 Å². The molecular formula is C21H27N3O3. The Morgan fingerprint density at radius 2 is 1.67 bits per heavy atom. The van der Waals surface area contributed by atoms with Gasteiger partial charge < -0.3 is 15.4 Å². The van der Waals surface area contributed by atoms with Crippen LogP contribution in [0.5, 0.6) is 5.75 Å². The number of rotatable bonds is 7. The van der Waals surface area contributed by atoms with Crippen molar-refractivity contribution in [2.75, 3.05) is 31.3 Å². The molecule has 1 unspecified atom stereocenters. The van der Waals surface area contributed by atoms with E-state index in [1.807, 2.05) is 56.3 Å². The minimum atomic E-state index is -0.487. The molecule has 2 aromatic rings. The van der Waals surface area contributed by atoms with Crippen LogP contribution in [0.4, 0.5) is 11.4 Å². The van der Waals surface area contributed by atoms with Gasteiger partial charge in [0, 0.05) is 5.69 Å². The monoisotopic (exact) mass is 369 g/mol.